The predicted molar refractivity (Wildman–Crippen MR) is 75.2 cm³/mol. The first-order chi connectivity index (χ1) is 10.2. The van der Waals surface area contributed by atoms with Crippen LogP contribution in [0.15, 0.2) is 28.7 Å². The van der Waals surface area contributed by atoms with Crippen LogP contribution >= 0.6 is 0 Å². The fraction of sp³-hybridized carbons (Fsp3) is 0.438. The number of rotatable bonds is 2. The molecule has 0 radical (unpaired) electrons. The third kappa shape index (κ3) is 2.22. The molecule has 1 atom stereocenters. The number of fused-ring (bicyclic) bond motifs is 1. The Hall–Kier alpha value is -2.17. The SMILES string of the molecule is Cc1nnc(C2Cc3ccccc3CN2C(=O)C2CC2)o1. The maximum atomic E-state index is 12.6. The standard InChI is InChI=1S/C16H17N3O2/c1-10-17-18-15(21-10)14-8-12-4-2-3-5-13(12)9-19(14)16(20)11-6-7-11/h2-5,11,14H,6-9H2,1H3. The number of nitrogens with zero attached hydrogens (tertiary/aromatic N) is 3. The number of benzene rings is 1. The van der Waals surface area contributed by atoms with Crippen molar-refractivity contribution in [3.8, 4) is 0 Å². The van der Waals surface area contributed by atoms with Gasteiger partial charge in [0.25, 0.3) is 0 Å². The van der Waals surface area contributed by atoms with Crippen molar-refractivity contribution in [2.24, 2.45) is 5.92 Å². The van der Waals surface area contributed by atoms with Gasteiger partial charge in [0.1, 0.15) is 6.04 Å². The van der Waals surface area contributed by atoms with Crippen molar-refractivity contribution < 1.29 is 9.21 Å². The third-order valence-corrected chi connectivity index (χ3v) is 4.28. The van der Waals surface area contributed by atoms with Gasteiger partial charge < -0.3 is 9.32 Å². The van der Waals surface area contributed by atoms with E-state index >= 15 is 0 Å². The molecular weight excluding hydrogens is 266 g/mol. The summed E-state index contributed by atoms with van der Waals surface area (Å²) in [6.07, 6.45) is 2.76. The highest BCUT2D eigenvalue weighted by Crippen LogP contribution is 2.38. The lowest BCUT2D eigenvalue weighted by Crippen LogP contribution is -2.39. The molecule has 2 aromatic rings. The maximum Gasteiger partial charge on any atom is 0.239 e. The Kier molecular flexibility index (Phi) is 2.80. The number of aryl methyl sites for hydroxylation is 1. The summed E-state index contributed by atoms with van der Waals surface area (Å²) >= 11 is 0. The highest BCUT2D eigenvalue weighted by molar-refractivity contribution is 5.81. The van der Waals surface area contributed by atoms with Crippen LogP contribution in [0.3, 0.4) is 0 Å². The second kappa shape index (κ2) is 4.69. The molecule has 21 heavy (non-hydrogen) atoms. The van der Waals surface area contributed by atoms with Crippen LogP contribution in [-0.2, 0) is 17.8 Å². The normalized spacial score (nSPS) is 21.2. The van der Waals surface area contributed by atoms with Gasteiger partial charge in [0.15, 0.2) is 0 Å². The van der Waals surface area contributed by atoms with Crippen LogP contribution in [-0.4, -0.2) is 21.0 Å². The largest absolute Gasteiger partial charge is 0.423 e. The maximum absolute atomic E-state index is 12.6. The van der Waals surface area contributed by atoms with Gasteiger partial charge >= 0.3 is 0 Å². The summed E-state index contributed by atoms with van der Waals surface area (Å²) in [4.78, 5) is 14.5. The molecule has 1 aliphatic heterocycles. The zero-order chi connectivity index (χ0) is 14.4. The Morgan fingerprint density at radius 2 is 2.00 bits per heavy atom. The number of hydrogen-bond acceptors (Lipinski definition) is 4. The molecule has 4 rings (SSSR count). The molecule has 1 aromatic heterocycles. The molecule has 5 heteroatoms. The molecule has 0 bridgehead atoms. The lowest BCUT2D eigenvalue weighted by molar-refractivity contribution is -0.136. The molecule has 0 N–H and O–H groups in total. The van der Waals surface area contributed by atoms with Crippen molar-refractivity contribution in [2.45, 2.75) is 38.8 Å². The Labute approximate surface area is 123 Å². The predicted octanol–water partition coefficient (Wildman–Crippen LogP) is 2.41. The Balaban J connectivity index is 1.72. The lowest BCUT2D eigenvalue weighted by Gasteiger charge is -2.35. The minimum absolute atomic E-state index is 0.130. The molecule has 0 saturated heterocycles. The molecule has 0 spiro atoms. The molecule has 1 fully saturated rings. The van der Waals surface area contributed by atoms with Gasteiger partial charge in [-0.15, -0.1) is 10.2 Å². The molecule has 1 aromatic carbocycles. The average molecular weight is 283 g/mol. The molecule has 1 saturated carbocycles. The van der Waals surface area contributed by atoms with Gasteiger partial charge in [-0.3, -0.25) is 4.79 Å². The quantitative estimate of drug-likeness (QED) is 0.849. The molecule has 1 aliphatic carbocycles. The monoisotopic (exact) mass is 283 g/mol. The Morgan fingerprint density at radius 1 is 1.24 bits per heavy atom. The van der Waals surface area contributed by atoms with Crippen molar-refractivity contribution in [3.63, 3.8) is 0 Å². The fourth-order valence-corrected chi connectivity index (χ4v) is 2.99. The van der Waals surface area contributed by atoms with Gasteiger partial charge in [-0.1, -0.05) is 24.3 Å². The molecular formula is C16H17N3O2. The molecule has 108 valence electrons. The number of aromatic nitrogens is 2. The third-order valence-electron chi connectivity index (χ3n) is 4.28. The lowest BCUT2D eigenvalue weighted by atomic mass is 9.93. The summed E-state index contributed by atoms with van der Waals surface area (Å²) in [5.41, 5.74) is 2.48. The molecule has 2 aliphatic rings. The van der Waals surface area contributed by atoms with Gasteiger partial charge in [0.05, 0.1) is 0 Å². The number of amides is 1. The second-order valence-electron chi connectivity index (χ2n) is 5.89. The summed E-state index contributed by atoms with van der Waals surface area (Å²) in [5.74, 6) is 1.52. The van der Waals surface area contributed by atoms with Crippen LogP contribution in [0.5, 0.6) is 0 Å². The summed E-state index contributed by atoms with van der Waals surface area (Å²) in [7, 11) is 0. The summed E-state index contributed by atoms with van der Waals surface area (Å²) in [6, 6.07) is 8.14. The van der Waals surface area contributed by atoms with Gasteiger partial charge in [0, 0.05) is 25.8 Å². The van der Waals surface area contributed by atoms with Crippen molar-refractivity contribution >= 4 is 5.91 Å². The fourth-order valence-electron chi connectivity index (χ4n) is 2.99. The van der Waals surface area contributed by atoms with Crippen LogP contribution in [0.25, 0.3) is 0 Å². The summed E-state index contributed by atoms with van der Waals surface area (Å²) < 4.78 is 5.60. The molecule has 1 unspecified atom stereocenters. The number of carbonyl (C=O) groups is 1. The van der Waals surface area contributed by atoms with E-state index in [-0.39, 0.29) is 17.9 Å². The van der Waals surface area contributed by atoms with E-state index in [1.165, 1.54) is 11.1 Å². The van der Waals surface area contributed by atoms with E-state index in [9.17, 15) is 4.79 Å². The van der Waals surface area contributed by atoms with Crippen molar-refractivity contribution in [3.05, 3.63) is 47.2 Å². The van der Waals surface area contributed by atoms with Crippen LogP contribution in [0, 0.1) is 12.8 Å². The molecule has 5 nitrogen and oxygen atoms in total. The van der Waals surface area contributed by atoms with Crippen molar-refractivity contribution in [1.82, 2.24) is 15.1 Å². The van der Waals surface area contributed by atoms with Crippen molar-refractivity contribution in [1.29, 1.82) is 0 Å². The van der Waals surface area contributed by atoms with E-state index in [0.29, 0.717) is 18.3 Å². The van der Waals surface area contributed by atoms with E-state index in [1.807, 2.05) is 17.0 Å². The van der Waals surface area contributed by atoms with Crippen LogP contribution in [0.4, 0.5) is 0 Å². The van der Waals surface area contributed by atoms with Crippen LogP contribution < -0.4 is 0 Å². The minimum Gasteiger partial charge on any atom is -0.423 e. The van der Waals surface area contributed by atoms with Crippen LogP contribution in [0.1, 0.15) is 41.8 Å². The van der Waals surface area contributed by atoms with Gasteiger partial charge in [-0.05, 0) is 24.0 Å². The average Bonchev–Trinajstić information content (AvgIpc) is 3.27. The summed E-state index contributed by atoms with van der Waals surface area (Å²) in [6.45, 7) is 2.41. The first-order valence-corrected chi connectivity index (χ1v) is 7.39. The van der Waals surface area contributed by atoms with Gasteiger partial charge in [0.2, 0.25) is 17.7 Å². The van der Waals surface area contributed by atoms with E-state index in [1.54, 1.807) is 6.92 Å². The smallest absolute Gasteiger partial charge is 0.239 e. The zero-order valence-electron chi connectivity index (χ0n) is 12.0. The topological polar surface area (TPSA) is 59.2 Å². The highest BCUT2D eigenvalue weighted by Gasteiger charge is 2.40. The first-order valence-electron chi connectivity index (χ1n) is 7.39. The molecule has 2 heterocycles. The summed E-state index contributed by atoms with van der Waals surface area (Å²) in [5, 5.41) is 8.06. The highest BCUT2D eigenvalue weighted by atomic mass is 16.4. The number of hydrogen-bond donors (Lipinski definition) is 0. The van der Waals surface area contributed by atoms with E-state index in [2.05, 4.69) is 22.3 Å². The van der Waals surface area contributed by atoms with Crippen molar-refractivity contribution in [2.75, 3.05) is 0 Å². The Bertz CT molecular complexity index is 690. The zero-order valence-corrected chi connectivity index (χ0v) is 12.0. The van der Waals surface area contributed by atoms with Crippen LogP contribution in [0.2, 0.25) is 0 Å². The molecule has 1 amide bonds. The van der Waals surface area contributed by atoms with E-state index in [0.717, 1.165) is 19.3 Å². The minimum atomic E-state index is -0.130. The first kappa shape index (κ1) is 12.6. The number of carbonyl (C=O) groups excluding carboxylic acids is 1. The van der Waals surface area contributed by atoms with E-state index < -0.39 is 0 Å². The second-order valence-corrected chi connectivity index (χ2v) is 5.89. The van der Waals surface area contributed by atoms with Gasteiger partial charge in [-0.25, -0.2) is 0 Å². The van der Waals surface area contributed by atoms with Gasteiger partial charge in [-0.2, -0.15) is 0 Å². The Morgan fingerprint density at radius 3 is 2.67 bits per heavy atom. The van der Waals surface area contributed by atoms with E-state index in [4.69, 9.17) is 4.42 Å².